The van der Waals surface area contributed by atoms with Crippen molar-refractivity contribution in [3.8, 4) is 12.1 Å². The average Bonchev–Trinajstić information content (AvgIpc) is 2.91. The lowest BCUT2D eigenvalue weighted by molar-refractivity contribution is 0.638. The van der Waals surface area contributed by atoms with Crippen molar-refractivity contribution in [2.24, 2.45) is 0 Å². The molecule has 1 heterocycles. The van der Waals surface area contributed by atoms with Crippen molar-refractivity contribution in [2.75, 3.05) is 11.9 Å². The number of rotatable bonds is 4. The molecule has 2 rings (SSSR count). The van der Waals surface area contributed by atoms with Crippen LogP contribution < -0.4 is 5.32 Å². The Morgan fingerprint density at radius 3 is 2.72 bits per heavy atom. The Labute approximate surface area is 105 Å². The van der Waals surface area contributed by atoms with Crippen LogP contribution in [0.15, 0.2) is 36.7 Å². The Kier molecular flexibility index (Phi) is 3.58. The van der Waals surface area contributed by atoms with Gasteiger partial charge in [-0.25, -0.2) is 0 Å². The van der Waals surface area contributed by atoms with Gasteiger partial charge in [0.1, 0.15) is 12.1 Å². The van der Waals surface area contributed by atoms with E-state index < -0.39 is 0 Å². The lowest BCUT2D eigenvalue weighted by atomic mass is 10.1. The van der Waals surface area contributed by atoms with Gasteiger partial charge in [-0.1, -0.05) is 0 Å². The minimum atomic E-state index is 0.390. The van der Waals surface area contributed by atoms with Crippen LogP contribution in [0.4, 0.5) is 5.69 Å². The van der Waals surface area contributed by atoms with Crippen LogP contribution >= 0.6 is 0 Å². The fraction of sp³-hybridized carbons (Fsp3) is 0.154. The number of hydrogen-bond acceptors (Lipinski definition) is 4. The van der Waals surface area contributed by atoms with Crippen LogP contribution in [0.5, 0.6) is 0 Å². The molecule has 0 aliphatic heterocycles. The zero-order valence-electron chi connectivity index (χ0n) is 9.67. The number of nitriles is 2. The molecule has 0 fully saturated rings. The largest absolute Gasteiger partial charge is 0.383 e. The summed E-state index contributed by atoms with van der Waals surface area (Å²) in [6, 6.07) is 11.0. The Morgan fingerprint density at radius 2 is 2.06 bits per heavy atom. The molecule has 0 aliphatic rings. The van der Waals surface area contributed by atoms with E-state index >= 15 is 0 Å². The van der Waals surface area contributed by atoms with E-state index in [1.807, 2.05) is 29.1 Å². The summed E-state index contributed by atoms with van der Waals surface area (Å²) < 4.78 is 1.82. The maximum Gasteiger partial charge on any atom is 0.101 e. The van der Waals surface area contributed by atoms with Crippen molar-refractivity contribution in [3.05, 3.63) is 47.8 Å². The highest BCUT2D eigenvalue weighted by atomic mass is 15.3. The molecule has 0 saturated heterocycles. The number of anilines is 1. The Morgan fingerprint density at radius 1 is 1.22 bits per heavy atom. The van der Waals surface area contributed by atoms with Crippen LogP contribution in [-0.2, 0) is 6.54 Å². The Balaban J connectivity index is 1.98. The molecule has 0 bridgehead atoms. The molecule has 5 heteroatoms. The van der Waals surface area contributed by atoms with Gasteiger partial charge in [0.2, 0.25) is 0 Å². The summed E-state index contributed by atoms with van der Waals surface area (Å²) >= 11 is 0. The monoisotopic (exact) mass is 237 g/mol. The molecular weight excluding hydrogens is 226 g/mol. The van der Waals surface area contributed by atoms with Crippen LogP contribution in [0.2, 0.25) is 0 Å². The zero-order valence-corrected chi connectivity index (χ0v) is 9.67. The molecule has 0 saturated carbocycles. The first kappa shape index (κ1) is 11.7. The topological polar surface area (TPSA) is 77.4 Å². The average molecular weight is 237 g/mol. The van der Waals surface area contributed by atoms with Gasteiger partial charge in [-0.15, -0.1) is 0 Å². The van der Waals surface area contributed by atoms with Crippen LogP contribution in [0.25, 0.3) is 0 Å². The Hall–Kier alpha value is -2.79. The fourth-order valence-corrected chi connectivity index (χ4v) is 1.59. The quantitative estimate of drug-likeness (QED) is 0.878. The summed E-state index contributed by atoms with van der Waals surface area (Å²) in [5.74, 6) is 0. The maximum atomic E-state index is 8.91. The number of benzene rings is 1. The standard InChI is InChI=1S/C13H11N5/c14-9-11-2-3-13(8-12(11)10-15)16-5-7-18-6-1-4-17-18/h1-4,6,8,16H,5,7H2. The van der Waals surface area contributed by atoms with Crippen molar-refractivity contribution in [3.63, 3.8) is 0 Å². The molecule has 0 amide bonds. The molecule has 88 valence electrons. The van der Waals surface area contributed by atoms with Crippen LogP contribution in [0.1, 0.15) is 11.1 Å². The highest BCUT2D eigenvalue weighted by Gasteiger charge is 2.02. The zero-order chi connectivity index (χ0) is 12.8. The molecule has 2 aromatic rings. The van der Waals surface area contributed by atoms with Crippen molar-refractivity contribution < 1.29 is 0 Å². The first-order valence-electron chi connectivity index (χ1n) is 5.49. The van der Waals surface area contributed by atoms with Crippen molar-refractivity contribution in [1.82, 2.24) is 9.78 Å². The Bertz CT molecular complexity index is 601. The van der Waals surface area contributed by atoms with Crippen LogP contribution in [0, 0.1) is 22.7 Å². The van der Waals surface area contributed by atoms with E-state index in [2.05, 4.69) is 10.4 Å². The third kappa shape index (κ3) is 2.66. The molecule has 0 atom stereocenters. The van der Waals surface area contributed by atoms with E-state index in [0.717, 1.165) is 12.2 Å². The van der Waals surface area contributed by atoms with Gasteiger partial charge in [0.25, 0.3) is 0 Å². The minimum Gasteiger partial charge on any atom is -0.383 e. The molecule has 0 unspecified atom stereocenters. The minimum absolute atomic E-state index is 0.390. The van der Waals surface area contributed by atoms with Gasteiger partial charge in [0.05, 0.1) is 17.7 Å². The van der Waals surface area contributed by atoms with Gasteiger partial charge in [-0.3, -0.25) is 4.68 Å². The lowest BCUT2D eigenvalue weighted by Crippen LogP contribution is -2.10. The van der Waals surface area contributed by atoms with Crippen molar-refractivity contribution >= 4 is 5.69 Å². The highest BCUT2D eigenvalue weighted by molar-refractivity contribution is 5.56. The van der Waals surface area contributed by atoms with Gasteiger partial charge in [-0.05, 0) is 24.3 Å². The number of nitrogens with one attached hydrogen (secondary N) is 1. The SMILES string of the molecule is N#Cc1ccc(NCCn2cccn2)cc1C#N. The second-order valence-corrected chi connectivity index (χ2v) is 3.68. The van der Waals surface area contributed by atoms with Gasteiger partial charge in [0, 0.05) is 24.6 Å². The van der Waals surface area contributed by atoms with Gasteiger partial charge in [-0.2, -0.15) is 15.6 Å². The first-order valence-corrected chi connectivity index (χ1v) is 5.49. The molecule has 18 heavy (non-hydrogen) atoms. The van der Waals surface area contributed by atoms with E-state index in [1.165, 1.54) is 0 Å². The van der Waals surface area contributed by atoms with E-state index in [-0.39, 0.29) is 0 Å². The van der Waals surface area contributed by atoms with Gasteiger partial charge < -0.3 is 5.32 Å². The summed E-state index contributed by atoms with van der Waals surface area (Å²) in [6.07, 6.45) is 3.62. The van der Waals surface area contributed by atoms with E-state index in [0.29, 0.717) is 17.7 Å². The first-order chi connectivity index (χ1) is 8.83. The molecule has 1 aromatic heterocycles. The number of aromatic nitrogens is 2. The van der Waals surface area contributed by atoms with E-state index in [9.17, 15) is 0 Å². The summed E-state index contributed by atoms with van der Waals surface area (Å²) in [7, 11) is 0. The maximum absolute atomic E-state index is 8.91. The third-order valence-corrected chi connectivity index (χ3v) is 2.49. The van der Waals surface area contributed by atoms with Crippen molar-refractivity contribution in [1.29, 1.82) is 10.5 Å². The number of hydrogen-bond donors (Lipinski definition) is 1. The van der Waals surface area contributed by atoms with Gasteiger partial charge in [0.15, 0.2) is 0 Å². The molecule has 1 aromatic carbocycles. The molecular formula is C13H11N5. The predicted octanol–water partition coefficient (Wildman–Crippen LogP) is 1.74. The summed E-state index contributed by atoms with van der Waals surface area (Å²) in [6.45, 7) is 1.45. The molecule has 0 aliphatic carbocycles. The smallest absolute Gasteiger partial charge is 0.101 e. The highest BCUT2D eigenvalue weighted by Crippen LogP contribution is 2.14. The second-order valence-electron chi connectivity index (χ2n) is 3.68. The normalized spacial score (nSPS) is 9.44. The summed E-state index contributed by atoms with van der Waals surface area (Å²) in [5, 5.41) is 25.0. The second kappa shape index (κ2) is 5.51. The molecule has 1 N–H and O–H groups in total. The predicted molar refractivity (Wildman–Crippen MR) is 66.6 cm³/mol. The molecule has 0 radical (unpaired) electrons. The fourth-order valence-electron chi connectivity index (χ4n) is 1.59. The summed E-state index contributed by atoms with van der Waals surface area (Å²) in [4.78, 5) is 0. The summed E-state index contributed by atoms with van der Waals surface area (Å²) in [5.41, 5.74) is 1.62. The van der Waals surface area contributed by atoms with E-state index in [1.54, 1.807) is 24.4 Å². The van der Waals surface area contributed by atoms with Crippen LogP contribution in [0.3, 0.4) is 0 Å². The van der Waals surface area contributed by atoms with Crippen LogP contribution in [-0.4, -0.2) is 16.3 Å². The number of nitrogens with zero attached hydrogens (tertiary/aromatic N) is 4. The van der Waals surface area contributed by atoms with E-state index in [4.69, 9.17) is 10.5 Å². The molecule has 0 spiro atoms. The van der Waals surface area contributed by atoms with Crippen molar-refractivity contribution in [2.45, 2.75) is 6.54 Å². The molecule has 5 nitrogen and oxygen atoms in total. The lowest BCUT2D eigenvalue weighted by Gasteiger charge is -2.07. The van der Waals surface area contributed by atoms with Gasteiger partial charge >= 0.3 is 0 Å². The third-order valence-electron chi connectivity index (χ3n) is 2.49.